The molecule has 0 heterocycles. The van der Waals surface area contributed by atoms with Crippen molar-refractivity contribution in [2.24, 2.45) is 11.1 Å². The minimum atomic E-state index is -0.408. The number of hydrogen-bond donors (Lipinski definition) is 1. The van der Waals surface area contributed by atoms with E-state index >= 15 is 0 Å². The second-order valence-corrected chi connectivity index (χ2v) is 6.32. The van der Waals surface area contributed by atoms with Crippen molar-refractivity contribution in [2.75, 3.05) is 0 Å². The first-order valence-electron chi connectivity index (χ1n) is 6.60. The van der Waals surface area contributed by atoms with Crippen LogP contribution in [0, 0.1) is 5.41 Å². The normalized spacial score (nSPS) is 13.7. The van der Waals surface area contributed by atoms with Crippen LogP contribution in [0.5, 0.6) is 0 Å². The fourth-order valence-electron chi connectivity index (χ4n) is 1.94. The van der Waals surface area contributed by atoms with Gasteiger partial charge in [-0.1, -0.05) is 58.9 Å². The van der Waals surface area contributed by atoms with Crippen molar-refractivity contribution in [2.45, 2.75) is 53.0 Å². The summed E-state index contributed by atoms with van der Waals surface area (Å²) in [7, 11) is 0. The third kappa shape index (κ3) is 3.95. The number of rotatable bonds is 4. The molecule has 0 amide bonds. The van der Waals surface area contributed by atoms with E-state index in [1.807, 2.05) is 20.8 Å². The molecule has 2 nitrogen and oxygen atoms in total. The number of ketones is 1. The van der Waals surface area contributed by atoms with Gasteiger partial charge in [-0.3, -0.25) is 4.79 Å². The largest absolute Gasteiger partial charge is 0.321 e. The van der Waals surface area contributed by atoms with Crippen LogP contribution in [-0.2, 0) is 11.2 Å². The first-order valence-corrected chi connectivity index (χ1v) is 6.60. The lowest BCUT2D eigenvalue weighted by Crippen LogP contribution is -2.40. The van der Waals surface area contributed by atoms with Crippen LogP contribution < -0.4 is 5.73 Å². The lowest BCUT2D eigenvalue weighted by Gasteiger charge is -2.21. The number of hydrogen-bond acceptors (Lipinski definition) is 2. The highest BCUT2D eigenvalue weighted by Gasteiger charge is 2.26. The van der Waals surface area contributed by atoms with E-state index in [1.54, 1.807) is 0 Å². The topological polar surface area (TPSA) is 43.1 Å². The quantitative estimate of drug-likeness (QED) is 0.887. The fourth-order valence-corrected chi connectivity index (χ4v) is 1.94. The summed E-state index contributed by atoms with van der Waals surface area (Å²) in [6.45, 7) is 10.1. The number of carbonyl (C=O) groups is 1. The number of benzene rings is 1. The van der Waals surface area contributed by atoms with Gasteiger partial charge in [-0.25, -0.2) is 0 Å². The van der Waals surface area contributed by atoms with Crippen LogP contribution >= 0.6 is 0 Å². The summed E-state index contributed by atoms with van der Waals surface area (Å²) in [4.78, 5) is 12.0. The Hall–Kier alpha value is -1.15. The molecule has 1 rings (SSSR count). The van der Waals surface area contributed by atoms with Gasteiger partial charge in [0.2, 0.25) is 0 Å². The molecule has 1 aromatic rings. The smallest absolute Gasteiger partial charge is 0.155 e. The molecule has 2 heteroatoms. The standard InChI is InChI=1S/C16H25NO/c1-11(2)13-8-6-12(7-9-13)10-14(17)15(18)16(3,4)5/h6-9,11,14H,10,17H2,1-5H3/t14-/m0/s1. The lowest BCUT2D eigenvalue weighted by atomic mass is 9.84. The number of carbonyl (C=O) groups excluding carboxylic acids is 1. The van der Waals surface area contributed by atoms with Gasteiger partial charge in [0.25, 0.3) is 0 Å². The molecular weight excluding hydrogens is 222 g/mol. The van der Waals surface area contributed by atoms with Crippen molar-refractivity contribution in [3.63, 3.8) is 0 Å². The maximum Gasteiger partial charge on any atom is 0.155 e. The van der Waals surface area contributed by atoms with Crippen molar-refractivity contribution in [1.29, 1.82) is 0 Å². The lowest BCUT2D eigenvalue weighted by molar-refractivity contribution is -0.127. The molecule has 0 bridgehead atoms. The summed E-state index contributed by atoms with van der Waals surface area (Å²) in [5, 5.41) is 0. The molecule has 18 heavy (non-hydrogen) atoms. The van der Waals surface area contributed by atoms with Crippen LogP contribution in [-0.4, -0.2) is 11.8 Å². The zero-order valence-corrected chi connectivity index (χ0v) is 12.2. The van der Waals surface area contributed by atoms with E-state index in [0.29, 0.717) is 12.3 Å². The van der Waals surface area contributed by atoms with Crippen LogP contribution in [0.4, 0.5) is 0 Å². The molecule has 0 fully saturated rings. The number of nitrogens with two attached hydrogens (primary N) is 1. The molecule has 0 saturated carbocycles. The fraction of sp³-hybridized carbons (Fsp3) is 0.562. The molecular formula is C16H25NO. The average Bonchev–Trinajstić information content (AvgIpc) is 2.27. The molecule has 1 aromatic carbocycles. The maximum absolute atomic E-state index is 12.0. The zero-order valence-electron chi connectivity index (χ0n) is 12.2. The summed E-state index contributed by atoms with van der Waals surface area (Å²) < 4.78 is 0. The minimum Gasteiger partial charge on any atom is -0.321 e. The van der Waals surface area contributed by atoms with Crippen molar-refractivity contribution in [3.8, 4) is 0 Å². The minimum absolute atomic E-state index is 0.121. The Morgan fingerprint density at radius 1 is 1.17 bits per heavy atom. The first-order chi connectivity index (χ1) is 8.21. The Morgan fingerprint density at radius 3 is 2.06 bits per heavy atom. The second kappa shape index (κ2) is 5.66. The van der Waals surface area contributed by atoms with Crippen molar-refractivity contribution in [1.82, 2.24) is 0 Å². The van der Waals surface area contributed by atoms with E-state index in [4.69, 9.17) is 5.73 Å². The van der Waals surface area contributed by atoms with Crippen molar-refractivity contribution >= 4 is 5.78 Å². The van der Waals surface area contributed by atoms with E-state index < -0.39 is 6.04 Å². The van der Waals surface area contributed by atoms with E-state index in [1.165, 1.54) is 5.56 Å². The Labute approximate surface area is 111 Å². The Morgan fingerprint density at radius 2 is 1.67 bits per heavy atom. The Balaban J connectivity index is 2.71. The molecule has 2 N–H and O–H groups in total. The first kappa shape index (κ1) is 14.9. The van der Waals surface area contributed by atoms with E-state index in [2.05, 4.69) is 38.1 Å². The van der Waals surface area contributed by atoms with Gasteiger partial charge in [0, 0.05) is 5.41 Å². The molecule has 0 aliphatic heterocycles. The van der Waals surface area contributed by atoms with Gasteiger partial charge in [0.15, 0.2) is 5.78 Å². The molecule has 0 saturated heterocycles. The molecule has 0 unspecified atom stereocenters. The summed E-state index contributed by atoms with van der Waals surface area (Å²) >= 11 is 0. The van der Waals surface area contributed by atoms with Crippen LogP contribution in [0.1, 0.15) is 51.7 Å². The van der Waals surface area contributed by atoms with Crippen LogP contribution in [0.15, 0.2) is 24.3 Å². The molecule has 0 aliphatic rings. The van der Waals surface area contributed by atoms with Crippen LogP contribution in [0.2, 0.25) is 0 Å². The van der Waals surface area contributed by atoms with Gasteiger partial charge in [0.1, 0.15) is 0 Å². The summed E-state index contributed by atoms with van der Waals surface area (Å²) in [5.41, 5.74) is 8.06. The highest BCUT2D eigenvalue weighted by molar-refractivity contribution is 5.88. The van der Waals surface area contributed by atoms with Crippen LogP contribution in [0.25, 0.3) is 0 Å². The van der Waals surface area contributed by atoms with Gasteiger partial charge in [-0.2, -0.15) is 0 Å². The van der Waals surface area contributed by atoms with Gasteiger partial charge in [-0.05, 0) is 23.5 Å². The molecule has 0 aliphatic carbocycles. The summed E-state index contributed by atoms with van der Waals surface area (Å²) in [6.07, 6.45) is 0.620. The highest BCUT2D eigenvalue weighted by Crippen LogP contribution is 2.19. The third-order valence-corrected chi connectivity index (χ3v) is 3.18. The predicted octanol–water partition coefficient (Wildman–Crippen LogP) is 3.30. The molecule has 100 valence electrons. The zero-order chi connectivity index (χ0) is 13.9. The monoisotopic (exact) mass is 247 g/mol. The van der Waals surface area contributed by atoms with E-state index in [9.17, 15) is 4.79 Å². The maximum atomic E-state index is 12.0. The van der Waals surface area contributed by atoms with Gasteiger partial charge in [-0.15, -0.1) is 0 Å². The molecule has 0 aromatic heterocycles. The molecule has 1 atom stereocenters. The Bertz CT molecular complexity index is 398. The summed E-state index contributed by atoms with van der Waals surface area (Å²) in [6, 6.07) is 7.98. The molecule has 0 spiro atoms. The third-order valence-electron chi connectivity index (χ3n) is 3.18. The van der Waals surface area contributed by atoms with Gasteiger partial charge >= 0.3 is 0 Å². The van der Waals surface area contributed by atoms with E-state index in [0.717, 1.165) is 5.56 Å². The second-order valence-electron chi connectivity index (χ2n) is 6.32. The SMILES string of the molecule is CC(C)c1ccc(C[C@H](N)C(=O)C(C)(C)C)cc1. The van der Waals surface area contributed by atoms with Crippen LogP contribution in [0.3, 0.4) is 0 Å². The van der Waals surface area contributed by atoms with Crippen molar-refractivity contribution in [3.05, 3.63) is 35.4 Å². The van der Waals surface area contributed by atoms with E-state index in [-0.39, 0.29) is 11.2 Å². The molecule has 0 radical (unpaired) electrons. The van der Waals surface area contributed by atoms with Gasteiger partial charge in [0.05, 0.1) is 6.04 Å². The average molecular weight is 247 g/mol. The Kier molecular flexibility index (Phi) is 4.69. The predicted molar refractivity (Wildman–Crippen MR) is 76.7 cm³/mol. The summed E-state index contributed by atoms with van der Waals surface area (Å²) in [5.74, 6) is 0.652. The highest BCUT2D eigenvalue weighted by atomic mass is 16.1. The number of Topliss-reactive ketones (excluding diaryl/α,β-unsaturated/α-hetero) is 1. The van der Waals surface area contributed by atoms with Crippen molar-refractivity contribution < 1.29 is 4.79 Å². The van der Waals surface area contributed by atoms with Gasteiger partial charge < -0.3 is 5.73 Å².